The summed E-state index contributed by atoms with van der Waals surface area (Å²) in [5.74, 6) is 0.494. The minimum absolute atomic E-state index is 0.228. The van der Waals surface area contributed by atoms with Gasteiger partial charge in [0.25, 0.3) is 0 Å². The molecule has 170 valence electrons. The lowest BCUT2D eigenvalue weighted by atomic mass is 10.1. The topological polar surface area (TPSA) is 73.0 Å². The number of amidine groups is 1. The molecule has 7 nitrogen and oxygen atoms in total. The van der Waals surface area contributed by atoms with Gasteiger partial charge in [-0.3, -0.25) is 4.99 Å². The summed E-state index contributed by atoms with van der Waals surface area (Å²) in [5, 5.41) is 9.51. The number of hydrogen-bond acceptors (Lipinski definition) is 5. The monoisotopic (exact) mass is 503 g/mol. The van der Waals surface area contributed by atoms with Crippen LogP contribution < -0.4 is 5.32 Å². The lowest BCUT2D eigenvalue weighted by Crippen LogP contribution is -2.23. The minimum atomic E-state index is -0.530. The Bertz CT molecular complexity index is 1290. The van der Waals surface area contributed by atoms with Crippen molar-refractivity contribution in [2.75, 3.05) is 26.1 Å². The third-order valence-electron chi connectivity index (χ3n) is 4.83. The zero-order chi connectivity index (χ0) is 23.4. The smallest absolute Gasteiger partial charge is 0.176 e. The van der Waals surface area contributed by atoms with E-state index in [4.69, 9.17) is 54.3 Å². The molecule has 2 aromatic carbocycles. The quantitative estimate of drug-likeness (QED) is 0.195. The van der Waals surface area contributed by atoms with Crippen molar-refractivity contribution in [1.29, 1.82) is 0 Å². The van der Waals surface area contributed by atoms with Crippen LogP contribution in [0.2, 0.25) is 15.1 Å². The molecule has 0 aliphatic rings. The molecule has 0 fully saturated rings. The molecule has 0 bridgehead atoms. The van der Waals surface area contributed by atoms with E-state index in [1.54, 1.807) is 55.3 Å². The van der Waals surface area contributed by atoms with Crippen molar-refractivity contribution < 1.29 is 9.47 Å². The molecule has 2 aromatic heterocycles. The van der Waals surface area contributed by atoms with E-state index in [2.05, 4.69) is 10.4 Å². The molecular formula is C23H20Cl3N5O2. The zero-order valence-electron chi connectivity index (χ0n) is 17.8. The average molecular weight is 505 g/mol. The van der Waals surface area contributed by atoms with Gasteiger partial charge in [0.2, 0.25) is 0 Å². The fraction of sp³-hybridized carbons (Fsp3) is 0.174. The molecule has 4 rings (SSSR count). The van der Waals surface area contributed by atoms with Gasteiger partial charge < -0.3 is 14.8 Å². The van der Waals surface area contributed by atoms with Gasteiger partial charge in [0.15, 0.2) is 17.8 Å². The summed E-state index contributed by atoms with van der Waals surface area (Å²) < 4.78 is 12.3. The highest BCUT2D eigenvalue weighted by molar-refractivity contribution is 6.35. The van der Waals surface area contributed by atoms with Gasteiger partial charge in [0.05, 0.1) is 11.6 Å². The maximum absolute atomic E-state index is 6.54. The second-order valence-corrected chi connectivity index (χ2v) is 8.23. The van der Waals surface area contributed by atoms with E-state index in [0.717, 1.165) is 5.69 Å². The first kappa shape index (κ1) is 23.5. The van der Waals surface area contributed by atoms with Gasteiger partial charge >= 0.3 is 0 Å². The Morgan fingerprint density at radius 3 is 2.48 bits per heavy atom. The zero-order valence-corrected chi connectivity index (χ0v) is 20.1. The second-order valence-electron chi connectivity index (χ2n) is 6.95. The van der Waals surface area contributed by atoms with Crippen molar-refractivity contribution in [1.82, 2.24) is 14.6 Å². The molecule has 0 amide bonds. The summed E-state index contributed by atoms with van der Waals surface area (Å²) in [5.41, 5.74) is 3.24. The van der Waals surface area contributed by atoms with Crippen molar-refractivity contribution in [2.24, 2.45) is 4.99 Å². The van der Waals surface area contributed by atoms with Crippen LogP contribution in [0.4, 0.5) is 5.69 Å². The van der Waals surface area contributed by atoms with Crippen LogP contribution in [0.15, 0.2) is 65.8 Å². The molecule has 10 heteroatoms. The number of ether oxygens (including phenoxy) is 2. The number of rotatable bonds is 7. The first-order chi connectivity index (χ1) is 16.0. The Labute approximate surface area is 205 Å². The Morgan fingerprint density at radius 1 is 1.03 bits per heavy atom. The van der Waals surface area contributed by atoms with Crippen molar-refractivity contribution >= 4 is 52.0 Å². The molecule has 2 heterocycles. The van der Waals surface area contributed by atoms with Crippen LogP contribution in [0.25, 0.3) is 16.9 Å². The summed E-state index contributed by atoms with van der Waals surface area (Å²) in [6, 6.07) is 16.2. The maximum atomic E-state index is 6.54. The maximum Gasteiger partial charge on any atom is 0.176 e. The van der Waals surface area contributed by atoms with E-state index in [1.165, 1.54) is 0 Å². The number of nitrogens with one attached hydrogen (secondary N) is 1. The number of halogens is 3. The van der Waals surface area contributed by atoms with Gasteiger partial charge in [-0.2, -0.15) is 5.10 Å². The van der Waals surface area contributed by atoms with Gasteiger partial charge in [-0.1, -0.05) is 34.8 Å². The molecule has 0 aliphatic carbocycles. The molecule has 33 heavy (non-hydrogen) atoms. The highest BCUT2D eigenvalue weighted by Crippen LogP contribution is 2.33. The van der Waals surface area contributed by atoms with Crippen LogP contribution in [0, 0.1) is 0 Å². The number of methoxy groups -OCH3 is 2. The third-order valence-corrected chi connectivity index (χ3v) is 5.65. The van der Waals surface area contributed by atoms with E-state index < -0.39 is 6.29 Å². The van der Waals surface area contributed by atoms with Crippen molar-refractivity contribution in [2.45, 2.75) is 6.29 Å². The molecule has 0 radical (unpaired) electrons. The van der Waals surface area contributed by atoms with Crippen LogP contribution in [0.1, 0.15) is 5.69 Å². The van der Waals surface area contributed by atoms with E-state index in [0.29, 0.717) is 43.5 Å². The van der Waals surface area contributed by atoms with E-state index in [-0.39, 0.29) is 6.54 Å². The highest BCUT2D eigenvalue weighted by Gasteiger charge is 2.23. The van der Waals surface area contributed by atoms with Gasteiger partial charge in [0, 0.05) is 41.7 Å². The second kappa shape index (κ2) is 10.5. The van der Waals surface area contributed by atoms with E-state index in [9.17, 15) is 0 Å². The molecule has 0 saturated carbocycles. The summed E-state index contributed by atoms with van der Waals surface area (Å²) in [6.45, 7) is 0.228. The Kier molecular flexibility index (Phi) is 7.47. The van der Waals surface area contributed by atoms with Crippen LogP contribution >= 0.6 is 34.8 Å². The first-order valence-corrected chi connectivity index (χ1v) is 11.1. The number of aromatic nitrogens is 3. The fourth-order valence-corrected chi connectivity index (χ4v) is 3.73. The van der Waals surface area contributed by atoms with Crippen LogP contribution in [-0.2, 0) is 9.47 Å². The molecular weight excluding hydrogens is 485 g/mol. The summed E-state index contributed by atoms with van der Waals surface area (Å²) in [7, 11) is 3.12. The predicted octanol–water partition coefficient (Wildman–Crippen LogP) is 5.83. The molecule has 0 unspecified atom stereocenters. The average Bonchev–Trinajstić information content (AvgIpc) is 3.21. The Morgan fingerprint density at radius 2 is 1.76 bits per heavy atom. The minimum Gasteiger partial charge on any atom is -0.354 e. The number of imidazole rings is 1. The molecule has 1 N–H and O–H groups in total. The molecule has 0 spiro atoms. The van der Waals surface area contributed by atoms with Crippen molar-refractivity contribution in [3.63, 3.8) is 0 Å². The van der Waals surface area contributed by atoms with Gasteiger partial charge in [-0.25, -0.2) is 9.50 Å². The predicted molar refractivity (Wildman–Crippen MR) is 133 cm³/mol. The van der Waals surface area contributed by atoms with Crippen LogP contribution in [0.3, 0.4) is 0 Å². The lowest BCUT2D eigenvalue weighted by Gasteiger charge is -2.15. The number of aliphatic imine (C=N–C) groups is 1. The third kappa shape index (κ3) is 5.29. The largest absolute Gasteiger partial charge is 0.354 e. The molecule has 4 aromatic rings. The highest BCUT2D eigenvalue weighted by atomic mass is 35.5. The first-order valence-electron chi connectivity index (χ1n) is 9.92. The molecule has 0 aliphatic heterocycles. The standard InChI is InChI=1S/C23H20Cl3N5O2/c1-32-20(33-2)13-27-23(29-16-8-5-14(24)6-9-16)22-21(17-12-15(25)7-10-18(17)26)30-19-4-3-11-28-31(19)22/h3-12,20H,13H2,1-2H3,(H,27,29). The number of anilines is 1. The Hall–Kier alpha value is -2.68. The van der Waals surface area contributed by atoms with Crippen molar-refractivity contribution in [3.05, 3.63) is 81.6 Å². The lowest BCUT2D eigenvalue weighted by molar-refractivity contribution is -0.0936. The van der Waals surface area contributed by atoms with E-state index >= 15 is 0 Å². The fourth-order valence-electron chi connectivity index (χ4n) is 3.22. The Balaban J connectivity index is 1.92. The van der Waals surface area contributed by atoms with Gasteiger partial charge in [-0.05, 0) is 54.6 Å². The number of hydrogen-bond donors (Lipinski definition) is 1. The normalized spacial score (nSPS) is 12.0. The van der Waals surface area contributed by atoms with Crippen molar-refractivity contribution in [3.8, 4) is 11.3 Å². The number of fused-ring (bicyclic) bond motifs is 1. The van der Waals surface area contributed by atoms with Crippen LogP contribution in [-0.4, -0.2) is 47.5 Å². The summed E-state index contributed by atoms with van der Waals surface area (Å²) in [4.78, 5) is 9.54. The van der Waals surface area contributed by atoms with Gasteiger partial charge in [-0.15, -0.1) is 0 Å². The SMILES string of the molecule is COC(C/N=C(\Nc1ccc(Cl)cc1)c1c(-c2cc(Cl)ccc2Cl)nc2cccnn12)OC. The summed E-state index contributed by atoms with van der Waals surface area (Å²) in [6.07, 6.45) is 1.14. The summed E-state index contributed by atoms with van der Waals surface area (Å²) >= 11 is 18.9. The molecule has 0 saturated heterocycles. The van der Waals surface area contributed by atoms with E-state index in [1.807, 2.05) is 24.3 Å². The number of nitrogens with zero attached hydrogens (tertiary/aromatic N) is 4. The van der Waals surface area contributed by atoms with Crippen LogP contribution in [0.5, 0.6) is 0 Å². The number of benzene rings is 2. The van der Waals surface area contributed by atoms with Gasteiger partial charge in [0.1, 0.15) is 11.4 Å². The molecule has 0 atom stereocenters.